The molecule has 1 aliphatic rings. The maximum absolute atomic E-state index is 15.4. The zero-order valence-corrected chi connectivity index (χ0v) is 18.2. The van der Waals surface area contributed by atoms with E-state index in [1.54, 1.807) is 0 Å². The summed E-state index contributed by atoms with van der Waals surface area (Å²) in [6.07, 6.45) is 3.33. The molecule has 2 heterocycles. The molecule has 0 saturated heterocycles. The number of H-pyrrole nitrogens is 1. The van der Waals surface area contributed by atoms with Gasteiger partial charge in [-0.1, -0.05) is 24.8 Å². The maximum atomic E-state index is 15.4. The molecule has 0 amide bonds. The predicted molar refractivity (Wildman–Crippen MR) is 123 cm³/mol. The quantitative estimate of drug-likeness (QED) is 0.422. The van der Waals surface area contributed by atoms with E-state index in [0.29, 0.717) is 19.4 Å². The lowest BCUT2D eigenvalue weighted by Crippen LogP contribution is -2.43. The van der Waals surface area contributed by atoms with E-state index in [-0.39, 0.29) is 23.6 Å². The summed E-state index contributed by atoms with van der Waals surface area (Å²) >= 11 is 0. The van der Waals surface area contributed by atoms with Crippen LogP contribution in [0, 0.1) is 11.6 Å². The SMILES string of the molecule is C=C(F)CCCN1C(C)Cc2c([nH]c3ccccc23)C1c1c(F)cc(/C=C/C(=O)O)cc1F. The van der Waals surface area contributed by atoms with Gasteiger partial charge in [0.15, 0.2) is 0 Å². The molecule has 0 radical (unpaired) electrons. The molecule has 0 bridgehead atoms. The van der Waals surface area contributed by atoms with E-state index in [9.17, 15) is 9.18 Å². The number of nitrogens with zero attached hydrogens (tertiary/aromatic N) is 1. The van der Waals surface area contributed by atoms with Crippen LogP contribution in [0.4, 0.5) is 13.2 Å². The van der Waals surface area contributed by atoms with E-state index in [0.717, 1.165) is 46.4 Å². The fraction of sp³-hybridized carbons (Fsp3) is 0.269. The van der Waals surface area contributed by atoms with Crippen molar-refractivity contribution < 1.29 is 23.1 Å². The first-order valence-electron chi connectivity index (χ1n) is 10.8. The molecule has 1 aliphatic heterocycles. The van der Waals surface area contributed by atoms with E-state index >= 15 is 8.78 Å². The summed E-state index contributed by atoms with van der Waals surface area (Å²) in [5.74, 6) is -3.15. The summed E-state index contributed by atoms with van der Waals surface area (Å²) in [6.45, 7) is 5.74. The van der Waals surface area contributed by atoms with Crippen LogP contribution in [0.25, 0.3) is 17.0 Å². The smallest absolute Gasteiger partial charge is 0.328 e. The number of carboxylic acid groups (broad SMARTS) is 1. The highest BCUT2D eigenvalue weighted by molar-refractivity contribution is 5.86. The maximum Gasteiger partial charge on any atom is 0.328 e. The van der Waals surface area contributed by atoms with Crippen molar-refractivity contribution in [3.63, 3.8) is 0 Å². The summed E-state index contributed by atoms with van der Waals surface area (Å²) in [5, 5.41) is 9.83. The van der Waals surface area contributed by atoms with Gasteiger partial charge in [-0.3, -0.25) is 4.90 Å². The number of hydrogen-bond acceptors (Lipinski definition) is 2. The van der Waals surface area contributed by atoms with Crippen LogP contribution < -0.4 is 0 Å². The Kier molecular flexibility index (Phi) is 6.42. The molecule has 4 rings (SSSR count). The Balaban J connectivity index is 1.84. The number of carboxylic acids is 1. The van der Waals surface area contributed by atoms with Gasteiger partial charge >= 0.3 is 5.97 Å². The molecule has 2 unspecified atom stereocenters. The van der Waals surface area contributed by atoms with Crippen molar-refractivity contribution in [1.29, 1.82) is 0 Å². The molecule has 172 valence electrons. The lowest BCUT2D eigenvalue weighted by Gasteiger charge is -2.41. The Morgan fingerprint density at radius 2 is 1.97 bits per heavy atom. The van der Waals surface area contributed by atoms with Gasteiger partial charge in [-0.15, -0.1) is 0 Å². The highest BCUT2D eigenvalue weighted by Crippen LogP contribution is 2.42. The molecule has 2 atom stereocenters. The second-order valence-electron chi connectivity index (χ2n) is 8.45. The summed E-state index contributed by atoms with van der Waals surface area (Å²) in [4.78, 5) is 16.1. The van der Waals surface area contributed by atoms with Crippen molar-refractivity contribution >= 4 is 22.9 Å². The number of rotatable bonds is 7. The van der Waals surface area contributed by atoms with Crippen LogP contribution in [0.2, 0.25) is 0 Å². The zero-order valence-electron chi connectivity index (χ0n) is 18.2. The predicted octanol–water partition coefficient (Wildman–Crippen LogP) is 6.14. The lowest BCUT2D eigenvalue weighted by atomic mass is 9.87. The van der Waals surface area contributed by atoms with E-state index in [4.69, 9.17) is 5.11 Å². The van der Waals surface area contributed by atoms with Crippen LogP contribution in [0.5, 0.6) is 0 Å². The third-order valence-electron chi connectivity index (χ3n) is 6.17. The Morgan fingerprint density at radius 3 is 2.64 bits per heavy atom. The van der Waals surface area contributed by atoms with Gasteiger partial charge in [-0.05, 0) is 68.1 Å². The minimum Gasteiger partial charge on any atom is -0.478 e. The van der Waals surface area contributed by atoms with Crippen molar-refractivity contribution in [2.75, 3.05) is 6.54 Å². The van der Waals surface area contributed by atoms with E-state index < -0.39 is 29.5 Å². The monoisotopic (exact) mass is 454 g/mol. The number of benzene rings is 2. The standard InChI is InChI=1S/C26H25F3N2O2/c1-15(27)6-5-11-31-16(2)12-19-18-7-3-4-8-22(18)30-25(19)26(31)24-20(28)13-17(14-21(24)29)9-10-23(32)33/h3-4,7-10,13-14,16,26,30H,1,5-6,11-12H2,2H3,(H,32,33)/b10-9+. The zero-order chi connectivity index (χ0) is 23.7. The second kappa shape index (κ2) is 9.27. The Hall–Kier alpha value is -3.32. The minimum atomic E-state index is -1.20. The van der Waals surface area contributed by atoms with Crippen LogP contribution >= 0.6 is 0 Å². The first kappa shape index (κ1) is 22.9. The normalized spacial score (nSPS) is 18.7. The van der Waals surface area contributed by atoms with Gasteiger partial charge in [-0.2, -0.15) is 0 Å². The summed E-state index contributed by atoms with van der Waals surface area (Å²) < 4.78 is 44.0. The summed E-state index contributed by atoms with van der Waals surface area (Å²) in [7, 11) is 0. The lowest BCUT2D eigenvalue weighted by molar-refractivity contribution is -0.131. The Bertz CT molecular complexity index is 1220. The van der Waals surface area contributed by atoms with Crippen LogP contribution in [0.3, 0.4) is 0 Å². The minimum absolute atomic E-state index is 0.0417. The molecule has 2 aromatic carbocycles. The number of nitrogens with one attached hydrogen (secondary N) is 1. The van der Waals surface area contributed by atoms with E-state index in [1.165, 1.54) is 0 Å². The number of para-hydroxylation sites is 1. The molecule has 4 nitrogen and oxygen atoms in total. The number of hydrogen-bond donors (Lipinski definition) is 2. The average molecular weight is 454 g/mol. The highest BCUT2D eigenvalue weighted by atomic mass is 19.1. The molecule has 33 heavy (non-hydrogen) atoms. The number of allylic oxidation sites excluding steroid dienone is 1. The fourth-order valence-corrected chi connectivity index (χ4v) is 4.75. The number of halogens is 3. The molecular weight excluding hydrogens is 429 g/mol. The molecule has 0 saturated carbocycles. The Labute approximate surface area is 190 Å². The molecule has 0 spiro atoms. The molecule has 2 N–H and O–H groups in total. The van der Waals surface area contributed by atoms with Gasteiger partial charge in [0.1, 0.15) is 11.6 Å². The van der Waals surface area contributed by atoms with Gasteiger partial charge < -0.3 is 10.1 Å². The Morgan fingerprint density at radius 1 is 1.27 bits per heavy atom. The molecule has 0 fully saturated rings. The van der Waals surface area contributed by atoms with Crippen molar-refractivity contribution in [2.45, 2.75) is 38.3 Å². The van der Waals surface area contributed by atoms with Gasteiger partial charge in [0.25, 0.3) is 0 Å². The van der Waals surface area contributed by atoms with Gasteiger partial charge in [-0.25, -0.2) is 18.0 Å². The number of aliphatic carboxylic acids is 1. The van der Waals surface area contributed by atoms with Gasteiger partial charge in [0.05, 0.1) is 11.9 Å². The first-order chi connectivity index (χ1) is 15.8. The largest absolute Gasteiger partial charge is 0.478 e. The first-order valence-corrected chi connectivity index (χ1v) is 10.8. The average Bonchev–Trinajstić information content (AvgIpc) is 3.11. The van der Waals surface area contributed by atoms with Gasteiger partial charge in [0, 0.05) is 34.3 Å². The van der Waals surface area contributed by atoms with Crippen LogP contribution in [0.15, 0.2) is 54.9 Å². The van der Waals surface area contributed by atoms with E-state index in [2.05, 4.69) is 11.6 Å². The topological polar surface area (TPSA) is 56.3 Å². The van der Waals surface area contributed by atoms with Crippen molar-refractivity contribution in [2.24, 2.45) is 0 Å². The molecule has 1 aromatic heterocycles. The van der Waals surface area contributed by atoms with Crippen LogP contribution in [0.1, 0.15) is 48.2 Å². The molecule has 0 aliphatic carbocycles. The number of aromatic amines is 1. The number of carbonyl (C=O) groups is 1. The summed E-state index contributed by atoms with van der Waals surface area (Å²) in [5.41, 5.74) is 2.64. The second-order valence-corrected chi connectivity index (χ2v) is 8.45. The molecular formula is C26H25F3N2O2. The van der Waals surface area contributed by atoms with Crippen LogP contribution in [-0.2, 0) is 11.2 Å². The van der Waals surface area contributed by atoms with Crippen molar-refractivity contribution in [3.05, 3.63) is 88.9 Å². The molecule has 3 aromatic rings. The number of fused-ring (bicyclic) bond motifs is 3. The van der Waals surface area contributed by atoms with E-state index in [1.807, 2.05) is 36.1 Å². The van der Waals surface area contributed by atoms with Crippen molar-refractivity contribution in [3.8, 4) is 0 Å². The highest BCUT2D eigenvalue weighted by Gasteiger charge is 2.38. The fourth-order valence-electron chi connectivity index (χ4n) is 4.75. The molecule has 7 heteroatoms. The van der Waals surface area contributed by atoms with Crippen molar-refractivity contribution in [1.82, 2.24) is 9.88 Å². The van der Waals surface area contributed by atoms with Crippen LogP contribution in [-0.4, -0.2) is 33.5 Å². The third kappa shape index (κ3) is 4.59. The number of aromatic nitrogens is 1. The summed E-state index contributed by atoms with van der Waals surface area (Å²) in [6, 6.07) is 9.25. The third-order valence-corrected chi connectivity index (χ3v) is 6.17. The van der Waals surface area contributed by atoms with Gasteiger partial charge in [0.2, 0.25) is 0 Å².